The highest BCUT2D eigenvalue weighted by molar-refractivity contribution is 7.92. The van der Waals surface area contributed by atoms with E-state index in [1.165, 1.54) is 24.3 Å². The zero-order valence-electron chi connectivity index (χ0n) is 23.1. The molecule has 2 aliphatic rings. The zero-order chi connectivity index (χ0) is 32.7. The van der Waals surface area contributed by atoms with Gasteiger partial charge in [-0.3, -0.25) is 9.59 Å². The Hall–Kier alpha value is -3.24. The fourth-order valence-corrected chi connectivity index (χ4v) is 9.91. The number of hydrogen-bond acceptors (Lipinski definition) is 10. The molecular weight excluding hydrogens is 655 g/mol. The lowest BCUT2D eigenvalue weighted by Crippen LogP contribution is -2.35. The Bertz CT molecular complexity index is 1550. The summed E-state index contributed by atoms with van der Waals surface area (Å²) in [5.74, 6) is -2.69. The van der Waals surface area contributed by atoms with E-state index in [1.807, 2.05) is 0 Å². The average molecular weight is 686 g/mol. The first-order valence-electron chi connectivity index (χ1n) is 13.4. The molecule has 0 bridgehead atoms. The molecule has 16 heteroatoms. The second-order valence-corrected chi connectivity index (χ2v) is 15.4. The molecule has 44 heavy (non-hydrogen) atoms. The van der Waals surface area contributed by atoms with Gasteiger partial charge in [-0.1, -0.05) is 47.5 Å². The molecule has 4 rings (SSSR count). The lowest BCUT2D eigenvalue weighted by Gasteiger charge is -2.13. The zero-order valence-corrected chi connectivity index (χ0v) is 26.3. The molecule has 0 aliphatic heterocycles. The molecule has 12 nitrogen and oxygen atoms in total. The molecule has 2 amide bonds. The van der Waals surface area contributed by atoms with Crippen LogP contribution >= 0.6 is 23.2 Å². The minimum atomic E-state index is -3.73. The summed E-state index contributed by atoms with van der Waals surface area (Å²) < 4.78 is 50.4. The fourth-order valence-electron chi connectivity index (χ4n) is 5.24. The molecular formula is C28H30Cl2N4O8S2. The minimum absolute atomic E-state index is 0.00594. The van der Waals surface area contributed by atoms with Gasteiger partial charge in [-0.25, -0.2) is 16.8 Å². The van der Waals surface area contributed by atoms with E-state index in [0.717, 1.165) is 0 Å². The normalized spacial score (nSPS) is 24.7. The summed E-state index contributed by atoms with van der Waals surface area (Å²) in [6, 6.07) is 15.7. The van der Waals surface area contributed by atoms with E-state index in [2.05, 4.69) is 10.6 Å². The van der Waals surface area contributed by atoms with Gasteiger partial charge in [0.15, 0.2) is 19.7 Å². The van der Waals surface area contributed by atoms with Gasteiger partial charge < -0.3 is 20.8 Å². The Morgan fingerprint density at radius 1 is 0.705 bits per heavy atom. The number of benzene rings is 2. The standard InChI is InChI=1S/2C14H15ClN2O4S/c2*15-11-3-1-2-4-13(11)22(20,21)9-7-10(12(18)8-9)14(19)17-6-5-16/h2*1-4,9-10,12,18H,6-8H2,(H,17,19)/t2*9-,10-,12-/m10/s1. The highest BCUT2D eigenvalue weighted by atomic mass is 35.5. The van der Waals surface area contributed by atoms with Crippen LogP contribution in [0.4, 0.5) is 0 Å². The lowest BCUT2D eigenvalue weighted by molar-refractivity contribution is -0.128. The maximum absolute atomic E-state index is 12.6. The number of carbonyl (C=O) groups excluding carboxylic acids is 2. The van der Waals surface area contributed by atoms with Crippen molar-refractivity contribution in [3.05, 3.63) is 58.6 Å². The molecule has 236 valence electrons. The largest absolute Gasteiger partial charge is 0.392 e. The summed E-state index contributed by atoms with van der Waals surface area (Å²) in [6.45, 7) is -0.353. The van der Waals surface area contributed by atoms with Gasteiger partial charge in [0.2, 0.25) is 11.8 Å². The fraction of sp³-hybridized carbons (Fsp3) is 0.429. The summed E-state index contributed by atoms with van der Waals surface area (Å²) in [6.07, 6.45) is -2.16. The van der Waals surface area contributed by atoms with Crippen LogP contribution in [0.25, 0.3) is 0 Å². The SMILES string of the molecule is N#CCNC(=O)[C@@H]1C[C@@H](S(=O)(=O)c2ccccc2Cl)C[C@H]1O.N#CCNC(=O)[C@H]1C[C@H](S(=O)(=O)c2ccccc2Cl)C[C@@H]1O. The van der Waals surface area contributed by atoms with E-state index in [0.29, 0.717) is 0 Å². The van der Waals surface area contributed by atoms with Gasteiger partial charge >= 0.3 is 0 Å². The number of sulfone groups is 2. The molecule has 0 saturated heterocycles. The number of hydrogen-bond donors (Lipinski definition) is 4. The Morgan fingerprint density at radius 2 is 1.05 bits per heavy atom. The Balaban J connectivity index is 0.000000240. The molecule has 2 aliphatic carbocycles. The van der Waals surface area contributed by atoms with Crippen LogP contribution in [0.1, 0.15) is 25.7 Å². The summed E-state index contributed by atoms with van der Waals surface area (Å²) in [4.78, 5) is 23.7. The Labute approximate surface area is 265 Å². The van der Waals surface area contributed by atoms with Crippen LogP contribution in [0.3, 0.4) is 0 Å². The van der Waals surface area contributed by atoms with E-state index in [1.54, 1.807) is 36.4 Å². The van der Waals surface area contributed by atoms with Crippen LogP contribution in [-0.4, -0.2) is 74.7 Å². The first-order chi connectivity index (χ1) is 20.7. The van der Waals surface area contributed by atoms with Crippen LogP contribution in [0, 0.1) is 34.5 Å². The number of halogens is 2. The molecule has 2 aromatic rings. The number of carbonyl (C=O) groups is 2. The van der Waals surface area contributed by atoms with Crippen LogP contribution in [0.15, 0.2) is 58.3 Å². The molecule has 0 aromatic heterocycles. The molecule has 2 aromatic carbocycles. The number of aliphatic hydroxyl groups excluding tert-OH is 2. The van der Waals surface area contributed by atoms with E-state index >= 15 is 0 Å². The van der Waals surface area contributed by atoms with Gasteiger partial charge in [0.25, 0.3) is 0 Å². The van der Waals surface area contributed by atoms with Crippen molar-refractivity contribution in [3.8, 4) is 12.1 Å². The average Bonchev–Trinajstić information content (AvgIpc) is 3.59. The third kappa shape index (κ3) is 8.07. The van der Waals surface area contributed by atoms with Crippen LogP contribution in [0.5, 0.6) is 0 Å². The highest BCUT2D eigenvalue weighted by Gasteiger charge is 2.45. The summed E-state index contributed by atoms with van der Waals surface area (Å²) >= 11 is 11.9. The van der Waals surface area contributed by atoms with Crippen molar-refractivity contribution in [3.63, 3.8) is 0 Å². The summed E-state index contributed by atoms with van der Waals surface area (Å²) in [5, 5.41) is 40.0. The van der Waals surface area contributed by atoms with E-state index in [9.17, 15) is 36.6 Å². The predicted octanol–water partition coefficient (Wildman–Crippen LogP) is 1.79. The van der Waals surface area contributed by atoms with Gasteiger partial charge in [-0.2, -0.15) is 10.5 Å². The Kier molecular flexibility index (Phi) is 12.1. The van der Waals surface area contributed by atoms with E-state index in [4.69, 9.17) is 33.7 Å². The maximum Gasteiger partial charge on any atom is 0.226 e. The second-order valence-electron chi connectivity index (χ2n) is 10.2. The van der Waals surface area contributed by atoms with Gasteiger partial charge in [0.1, 0.15) is 13.1 Å². The molecule has 4 N–H and O–H groups in total. The minimum Gasteiger partial charge on any atom is -0.392 e. The van der Waals surface area contributed by atoms with Crippen molar-refractivity contribution in [1.29, 1.82) is 10.5 Å². The number of nitrogens with zero attached hydrogens (tertiary/aromatic N) is 2. The van der Waals surface area contributed by atoms with E-state index in [-0.39, 0.29) is 58.6 Å². The topological polar surface area (TPSA) is 215 Å². The third-order valence-electron chi connectivity index (χ3n) is 7.49. The van der Waals surface area contributed by atoms with E-state index < -0.39 is 66.0 Å². The molecule has 0 spiro atoms. The molecule has 6 atom stereocenters. The lowest BCUT2D eigenvalue weighted by atomic mass is 10.1. The van der Waals surface area contributed by atoms with Crippen molar-refractivity contribution >= 4 is 54.7 Å². The molecule has 2 saturated carbocycles. The molecule has 0 heterocycles. The quantitative estimate of drug-likeness (QED) is 0.296. The van der Waals surface area contributed by atoms with Crippen molar-refractivity contribution in [2.45, 2.75) is 58.2 Å². The Morgan fingerprint density at radius 3 is 1.36 bits per heavy atom. The summed E-state index contributed by atoms with van der Waals surface area (Å²) in [5.41, 5.74) is 0. The monoisotopic (exact) mass is 684 g/mol. The van der Waals surface area contributed by atoms with Crippen LogP contribution in [-0.2, 0) is 29.3 Å². The van der Waals surface area contributed by atoms with Gasteiger partial charge in [0.05, 0.1) is 66.5 Å². The highest BCUT2D eigenvalue weighted by Crippen LogP contribution is 2.37. The van der Waals surface area contributed by atoms with Crippen molar-refractivity contribution in [2.24, 2.45) is 11.8 Å². The number of rotatable bonds is 8. The number of nitrogens with one attached hydrogen (secondary N) is 2. The molecule has 0 radical (unpaired) electrons. The van der Waals surface area contributed by atoms with Gasteiger partial charge in [0, 0.05) is 0 Å². The van der Waals surface area contributed by atoms with Gasteiger partial charge in [-0.05, 0) is 49.9 Å². The van der Waals surface area contributed by atoms with Crippen LogP contribution in [0.2, 0.25) is 10.0 Å². The smallest absolute Gasteiger partial charge is 0.226 e. The molecule has 0 unspecified atom stereocenters. The summed E-state index contributed by atoms with van der Waals surface area (Å²) in [7, 11) is -7.45. The van der Waals surface area contributed by atoms with Crippen molar-refractivity contribution in [2.75, 3.05) is 13.1 Å². The molecule has 2 fully saturated rings. The van der Waals surface area contributed by atoms with Crippen LogP contribution < -0.4 is 10.6 Å². The maximum atomic E-state index is 12.6. The number of amides is 2. The predicted molar refractivity (Wildman–Crippen MR) is 160 cm³/mol. The number of nitriles is 2. The first kappa shape index (κ1) is 35.2. The first-order valence-corrected chi connectivity index (χ1v) is 17.2. The second kappa shape index (κ2) is 15.2. The van der Waals surface area contributed by atoms with Crippen molar-refractivity contribution < 1.29 is 36.6 Å². The third-order valence-corrected chi connectivity index (χ3v) is 12.8. The van der Waals surface area contributed by atoms with Gasteiger partial charge in [-0.15, -0.1) is 0 Å². The van der Waals surface area contributed by atoms with Crippen molar-refractivity contribution in [1.82, 2.24) is 10.6 Å². The number of aliphatic hydroxyl groups is 2.